The molecule has 0 fully saturated rings. The second kappa shape index (κ2) is 5.63. The van der Waals surface area contributed by atoms with Crippen molar-refractivity contribution < 1.29 is 4.39 Å². The molecule has 94 valence electrons. The van der Waals surface area contributed by atoms with Crippen molar-refractivity contribution >= 4 is 15.9 Å². The highest BCUT2D eigenvalue weighted by Gasteiger charge is 2.12. The summed E-state index contributed by atoms with van der Waals surface area (Å²) in [6, 6.07) is 12.7. The topological polar surface area (TPSA) is 26.0 Å². The molecule has 0 aromatic heterocycles. The first-order valence-corrected chi connectivity index (χ1v) is 6.61. The van der Waals surface area contributed by atoms with Crippen LogP contribution < -0.4 is 5.73 Å². The first kappa shape index (κ1) is 13.2. The van der Waals surface area contributed by atoms with Crippen LogP contribution in [0.1, 0.15) is 22.7 Å². The minimum atomic E-state index is -0.329. The maximum Gasteiger partial charge on any atom is 0.128 e. The quantitative estimate of drug-likeness (QED) is 0.906. The van der Waals surface area contributed by atoms with E-state index < -0.39 is 0 Å². The zero-order valence-electron chi connectivity index (χ0n) is 10.2. The van der Waals surface area contributed by atoms with Gasteiger partial charge in [-0.3, -0.25) is 0 Å². The van der Waals surface area contributed by atoms with E-state index in [0.717, 1.165) is 10.0 Å². The molecule has 0 amide bonds. The van der Waals surface area contributed by atoms with E-state index >= 15 is 0 Å². The summed E-state index contributed by atoms with van der Waals surface area (Å²) in [5, 5.41) is 0. The van der Waals surface area contributed by atoms with Crippen LogP contribution in [-0.4, -0.2) is 0 Å². The average molecular weight is 308 g/mol. The molecule has 0 saturated carbocycles. The van der Waals surface area contributed by atoms with Crippen LogP contribution in [0, 0.1) is 12.7 Å². The standard InChI is InChI=1S/C15H15BrFN/c1-10-2-4-11(5-3-10)8-15(18)13-9-12(16)6-7-14(13)17/h2-7,9,15H,8,18H2,1H3. The van der Waals surface area contributed by atoms with Gasteiger partial charge in [0.2, 0.25) is 0 Å². The van der Waals surface area contributed by atoms with Crippen LogP contribution in [0.15, 0.2) is 46.9 Å². The Kier molecular flexibility index (Phi) is 4.15. The molecule has 0 heterocycles. The molecule has 2 N–H and O–H groups in total. The van der Waals surface area contributed by atoms with E-state index in [1.165, 1.54) is 11.6 Å². The number of nitrogens with two attached hydrogens (primary N) is 1. The van der Waals surface area contributed by atoms with Crippen molar-refractivity contribution in [2.24, 2.45) is 5.73 Å². The molecule has 1 nitrogen and oxygen atoms in total. The molecular formula is C15H15BrFN. The highest BCUT2D eigenvalue weighted by Crippen LogP contribution is 2.23. The number of aryl methyl sites for hydroxylation is 1. The zero-order valence-corrected chi connectivity index (χ0v) is 11.7. The van der Waals surface area contributed by atoms with Gasteiger partial charge in [0.05, 0.1) is 0 Å². The monoisotopic (exact) mass is 307 g/mol. The second-order valence-corrected chi connectivity index (χ2v) is 5.38. The average Bonchev–Trinajstić information content (AvgIpc) is 2.35. The SMILES string of the molecule is Cc1ccc(CC(N)c2cc(Br)ccc2F)cc1. The molecule has 1 atom stereocenters. The summed E-state index contributed by atoms with van der Waals surface area (Å²) in [5.74, 6) is -0.252. The van der Waals surface area contributed by atoms with Crippen LogP contribution >= 0.6 is 15.9 Å². The van der Waals surface area contributed by atoms with Crippen molar-refractivity contribution in [1.29, 1.82) is 0 Å². The van der Waals surface area contributed by atoms with Crippen LogP contribution in [0.25, 0.3) is 0 Å². The van der Waals surface area contributed by atoms with Crippen LogP contribution in [0.4, 0.5) is 4.39 Å². The van der Waals surface area contributed by atoms with Crippen molar-refractivity contribution in [2.45, 2.75) is 19.4 Å². The molecule has 1 unspecified atom stereocenters. The van der Waals surface area contributed by atoms with Gasteiger partial charge in [-0.05, 0) is 37.1 Å². The second-order valence-electron chi connectivity index (χ2n) is 4.46. The lowest BCUT2D eigenvalue weighted by molar-refractivity contribution is 0.580. The number of rotatable bonds is 3. The van der Waals surface area contributed by atoms with E-state index in [2.05, 4.69) is 15.9 Å². The van der Waals surface area contributed by atoms with Gasteiger partial charge < -0.3 is 5.73 Å². The van der Waals surface area contributed by atoms with Gasteiger partial charge in [-0.2, -0.15) is 0 Å². The lowest BCUT2D eigenvalue weighted by atomic mass is 9.99. The third-order valence-corrected chi connectivity index (χ3v) is 3.43. The fourth-order valence-electron chi connectivity index (χ4n) is 1.89. The Bertz CT molecular complexity index is 537. The summed E-state index contributed by atoms with van der Waals surface area (Å²) in [4.78, 5) is 0. The van der Waals surface area contributed by atoms with Gasteiger partial charge in [0.15, 0.2) is 0 Å². The first-order valence-electron chi connectivity index (χ1n) is 5.82. The molecule has 0 aliphatic carbocycles. The zero-order chi connectivity index (χ0) is 13.1. The van der Waals surface area contributed by atoms with E-state index in [-0.39, 0.29) is 11.9 Å². The molecular weight excluding hydrogens is 293 g/mol. The molecule has 0 spiro atoms. The largest absolute Gasteiger partial charge is 0.324 e. The highest BCUT2D eigenvalue weighted by atomic mass is 79.9. The van der Waals surface area contributed by atoms with Gasteiger partial charge in [-0.15, -0.1) is 0 Å². The van der Waals surface area contributed by atoms with E-state index in [9.17, 15) is 4.39 Å². The van der Waals surface area contributed by atoms with Crippen LogP contribution in [0.3, 0.4) is 0 Å². The van der Waals surface area contributed by atoms with Crippen molar-refractivity contribution in [3.05, 3.63) is 69.4 Å². The maximum atomic E-state index is 13.7. The summed E-state index contributed by atoms with van der Waals surface area (Å²) in [6.07, 6.45) is 0.633. The molecule has 0 saturated heterocycles. The summed E-state index contributed by atoms with van der Waals surface area (Å²) >= 11 is 3.34. The number of hydrogen-bond acceptors (Lipinski definition) is 1. The molecule has 0 aliphatic heterocycles. The summed E-state index contributed by atoms with van der Waals surface area (Å²) in [5.41, 5.74) is 8.95. The van der Waals surface area contributed by atoms with Gasteiger partial charge >= 0.3 is 0 Å². The van der Waals surface area contributed by atoms with Gasteiger partial charge in [0.1, 0.15) is 5.82 Å². The number of hydrogen-bond donors (Lipinski definition) is 1. The smallest absolute Gasteiger partial charge is 0.128 e. The lowest BCUT2D eigenvalue weighted by Gasteiger charge is -2.13. The van der Waals surface area contributed by atoms with Crippen molar-refractivity contribution in [3.63, 3.8) is 0 Å². The number of benzene rings is 2. The fraction of sp³-hybridized carbons (Fsp3) is 0.200. The summed E-state index contributed by atoms with van der Waals surface area (Å²) in [6.45, 7) is 2.04. The Labute approximate surface area is 115 Å². The van der Waals surface area contributed by atoms with E-state index in [1.807, 2.05) is 31.2 Å². The highest BCUT2D eigenvalue weighted by molar-refractivity contribution is 9.10. The Morgan fingerprint density at radius 2 is 1.83 bits per heavy atom. The Morgan fingerprint density at radius 3 is 2.50 bits per heavy atom. The Balaban J connectivity index is 2.18. The van der Waals surface area contributed by atoms with Gasteiger partial charge in [0, 0.05) is 16.1 Å². The first-order chi connectivity index (χ1) is 8.56. The summed E-state index contributed by atoms with van der Waals surface area (Å²) in [7, 11) is 0. The molecule has 2 aromatic carbocycles. The fourth-order valence-corrected chi connectivity index (χ4v) is 2.27. The minimum Gasteiger partial charge on any atom is -0.324 e. The summed E-state index contributed by atoms with van der Waals surface area (Å²) < 4.78 is 14.5. The maximum absolute atomic E-state index is 13.7. The lowest BCUT2D eigenvalue weighted by Crippen LogP contribution is -2.15. The van der Waals surface area contributed by atoms with Gasteiger partial charge in [-0.25, -0.2) is 4.39 Å². The van der Waals surface area contributed by atoms with Crippen molar-refractivity contribution in [1.82, 2.24) is 0 Å². The predicted octanol–water partition coefficient (Wildman–Crippen LogP) is 4.14. The van der Waals surface area contributed by atoms with Crippen LogP contribution in [0.5, 0.6) is 0 Å². The van der Waals surface area contributed by atoms with Gasteiger partial charge in [-0.1, -0.05) is 45.8 Å². The van der Waals surface area contributed by atoms with E-state index in [1.54, 1.807) is 12.1 Å². The van der Waals surface area contributed by atoms with Gasteiger partial charge in [0.25, 0.3) is 0 Å². The Hall–Kier alpha value is -1.19. The van der Waals surface area contributed by atoms with E-state index in [4.69, 9.17) is 5.73 Å². The molecule has 3 heteroatoms. The molecule has 0 aliphatic rings. The third kappa shape index (κ3) is 3.18. The predicted molar refractivity (Wildman–Crippen MR) is 75.9 cm³/mol. The van der Waals surface area contributed by atoms with Crippen LogP contribution in [0.2, 0.25) is 0 Å². The van der Waals surface area contributed by atoms with Crippen LogP contribution in [-0.2, 0) is 6.42 Å². The molecule has 0 bridgehead atoms. The third-order valence-electron chi connectivity index (χ3n) is 2.93. The normalized spacial score (nSPS) is 12.4. The number of halogens is 2. The molecule has 0 radical (unpaired) electrons. The van der Waals surface area contributed by atoms with E-state index in [0.29, 0.717) is 12.0 Å². The molecule has 2 aromatic rings. The molecule has 2 rings (SSSR count). The minimum absolute atomic E-state index is 0.252. The van der Waals surface area contributed by atoms with Crippen molar-refractivity contribution in [3.8, 4) is 0 Å². The van der Waals surface area contributed by atoms with Crippen molar-refractivity contribution in [2.75, 3.05) is 0 Å². The molecule has 18 heavy (non-hydrogen) atoms. The Morgan fingerprint density at radius 1 is 1.17 bits per heavy atom.